The molecule has 1 N–H and O–H groups in total. The number of amides is 2. The Morgan fingerprint density at radius 3 is 2.65 bits per heavy atom. The second-order valence-electron chi connectivity index (χ2n) is 6.68. The van der Waals surface area contributed by atoms with E-state index in [2.05, 4.69) is 11.4 Å². The highest BCUT2D eigenvalue weighted by molar-refractivity contribution is 6.31. The number of rotatable bonds is 1. The molecule has 2 aliphatic rings. The number of halogens is 4. The lowest BCUT2D eigenvalue weighted by atomic mass is 9.93. The van der Waals surface area contributed by atoms with Crippen molar-refractivity contribution >= 4 is 23.3 Å². The van der Waals surface area contributed by atoms with Crippen LogP contribution < -0.4 is 5.32 Å². The number of anilines is 1. The van der Waals surface area contributed by atoms with Gasteiger partial charge in [0.1, 0.15) is 0 Å². The van der Waals surface area contributed by atoms with Crippen molar-refractivity contribution in [2.24, 2.45) is 0 Å². The third-order valence-electron chi connectivity index (χ3n) is 5.13. The highest BCUT2D eigenvalue weighted by Gasteiger charge is 2.42. The van der Waals surface area contributed by atoms with Crippen LogP contribution in [-0.4, -0.2) is 17.0 Å². The molecule has 4 rings (SSSR count). The first-order valence-corrected chi connectivity index (χ1v) is 8.76. The van der Waals surface area contributed by atoms with Gasteiger partial charge in [0, 0.05) is 11.7 Å². The molecule has 3 nitrogen and oxygen atoms in total. The van der Waals surface area contributed by atoms with E-state index < -0.39 is 16.8 Å². The fraction of sp³-hybridized carbons (Fsp3) is 0.316. The van der Waals surface area contributed by atoms with Crippen molar-refractivity contribution in [1.29, 1.82) is 0 Å². The molecule has 0 aliphatic carbocycles. The number of fused-ring (bicyclic) bond motifs is 4. The van der Waals surface area contributed by atoms with E-state index in [0.717, 1.165) is 37.0 Å². The molecule has 0 spiro atoms. The predicted octanol–water partition coefficient (Wildman–Crippen LogP) is 5.65. The molecule has 0 aromatic heterocycles. The van der Waals surface area contributed by atoms with Gasteiger partial charge < -0.3 is 10.2 Å². The number of urea groups is 1. The summed E-state index contributed by atoms with van der Waals surface area (Å²) in [4.78, 5) is 14.6. The highest BCUT2D eigenvalue weighted by atomic mass is 35.5. The van der Waals surface area contributed by atoms with E-state index in [0.29, 0.717) is 0 Å². The molecular formula is C19H16ClF3N2O. The molecule has 0 radical (unpaired) electrons. The van der Waals surface area contributed by atoms with Gasteiger partial charge >= 0.3 is 12.2 Å². The number of hydrogen-bond acceptors (Lipinski definition) is 1. The largest absolute Gasteiger partial charge is 0.417 e. The molecule has 2 heterocycles. The number of carbonyl (C=O) groups excluding carboxylic acids is 1. The third kappa shape index (κ3) is 2.92. The van der Waals surface area contributed by atoms with Crippen molar-refractivity contribution in [3.8, 4) is 0 Å². The van der Waals surface area contributed by atoms with Gasteiger partial charge in [0.25, 0.3) is 0 Å². The van der Waals surface area contributed by atoms with Crippen LogP contribution in [0.3, 0.4) is 0 Å². The molecule has 2 aromatic rings. The molecule has 0 saturated carbocycles. The van der Waals surface area contributed by atoms with E-state index in [1.54, 1.807) is 0 Å². The quantitative estimate of drug-likeness (QED) is 0.681. The second kappa shape index (κ2) is 6.20. The maximum absolute atomic E-state index is 12.8. The summed E-state index contributed by atoms with van der Waals surface area (Å²) in [7, 11) is 0. The lowest BCUT2D eigenvalue weighted by molar-refractivity contribution is -0.137. The maximum Gasteiger partial charge on any atom is 0.417 e. The van der Waals surface area contributed by atoms with Gasteiger partial charge in [-0.1, -0.05) is 35.9 Å². The van der Waals surface area contributed by atoms with Crippen LogP contribution in [0.1, 0.15) is 35.6 Å². The highest BCUT2D eigenvalue weighted by Crippen LogP contribution is 2.44. The van der Waals surface area contributed by atoms with Crippen molar-refractivity contribution < 1.29 is 18.0 Å². The zero-order chi connectivity index (χ0) is 18.5. The average Bonchev–Trinajstić information content (AvgIpc) is 2.89. The van der Waals surface area contributed by atoms with Gasteiger partial charge in [-0.05, 0) is 48.6 Å². The van der Waals surface area contributed by atoms with Crippen LogP contribution >= 0.6 is 11.6 Å². The Balaban J connectivity index is 1.56. The van der Waals surface area contributed by atoms with Crippen LogP contribution in [-0.2, 0) is 12.6 Å². The molecule has 7 heteroatoms. The maximum atomic E-state index is 12.8. The summed E-state index contributed by atoms with van der Waals surface area (Å²) in [6, 6.07) is 11.2. The molecule has 0 unspecified atom stereocenters. The van der Waals surface area contributed by atoms with Gasteiger partial charge in [-0.2, -0.15) is 13.2 Å². The number of benzene rings is 2. The third-order valence-corrected chi connectivity index (χ3v) is 5.45. The van der Waals surface area contributed by atoms with E-state index in [1.165, 1.54) is 11.6 Å². The van der Waals surface area contributed by atoms with Gasteiger partial charge in [0.05, 0.1) is 16.6 Å². The Morgan fingerprint density at radius 2 is 1.92 bits per heavy atom. The fourth-order valence-corrected chi connectivity index (χ4v) is 4.29. The van der Waals surface area contributed by atoms with Gasteiger partial charge in [-0.25, -0.2) is 4.79 Å². The standard InChI is InChI=1S/C19H16ClF3N2O/c20-16-10-12(5-7-15(16)19(21,22)23)24-18(26)25-13-6-8-17(25)14-4-2-1-3-11(14)9-13/h1-5,7,10,13,17H,6,8-9H2,(H,24,26)/t13-,17+/m1/s1. The van der Waals surface area contributed by atoms with E-state index >= 15 is 0 Å². The first kappa shape index (κ1) is 17.2. The van der Waals surface area contributed by atoms with Crippen LogP contribution in [0.25, 0.3) is 0 Å². The molecule has 2 atom stereocenters. The Hall–Kier alpha value is -2.21. The van der Waals surface area contributed by atoms with Crippen molar-refractivity contribution in [1.82, 2.24) is 4.90 Å². The zero-order valence-corrected chi connectivity index (χ0v) is 14.4. The lowest BCUT2D eigenvalue weighted by Crippen LogP contribution is -2.44. The molecule has 1 fully saturated rings. The van der Waals surface area contributed by atoms with Crippen molar-refractivity contribution in [2.75, 3.05) is 5.32 Å². The van der Waals surface area contributed by atoms with Crippen molar-refractivity contribution in [2.45, 2.75) is 37.5 Å². The van der Waals surface area contributed by atoms with Gasteiger partial charge in [0.15, 0.2) is 0 Å². The van der Waals surface area contributed by atoms with Gasteiger partial charge in [-0.3, -0.25) is 0 Å². The molecule has 2 amide bonds. The minimum Gasteiger partial charge on any atom is -0.314 e. The van der Waals surface area contributed by atoms with Crippen LogP contribution in [0.4, 0.5) is 23.7 Å². The van der Waals surface area contributed by atoms with Gasteiger partial charge in [-0.15, -0.1) is 0 Å². The van der Waals surface area contributed by atoms with Crippen molar-refractivity contribution in [3.05, 3.63) is 64.2 Å². The second-order valence-corrected chi connectivity index (χ2v) is 7.09. The summed E-state index contributed by atoms with van der Waals surface area (Å²) in [5.41, 5.74) is 1.76. The van der Waals surface area contributed by atoms with E-state index in [1.807, 2.05) is 23.1 Å². The molecular weight excluding hydrogens is 365 g/mol. The summed E-state index contributed by atoms with van der Waals surface area (Å²) in [6.07, 6.45) is -1.91. The number of carbonyl (C=O) groups is 1. The Kier molecular flexibility index (Phi) is 4.10. The summed E-state index contributed by atoms with van der Waals surface area (Å²) >= 11 is 5.73. The molecule has 2 aromatic carbocycles. The zero-order valence-electron chi connectivity index (χ0n) is 13.7. The van der Waals surface area contributed by atoms with Gasteiger partial charge in [0.2, 0.25) is 0 Å². The lowest BCUT2D eigenvalue weighted by Gasteiger charge is -2.36. The SMILES string of the molecule is O=C(Nc1ccc(C(F)(F)F)c(Cl)c1)N1[C@@H]2CC[C@H]1c1ccccc1C2. The topological polar surface area (TPSA) is 32.3 Å². The minimum absolute atomic E-state index is 0.00914. The minimum atomic E-state index is -4.52. The fourth-order valence-electron chi connectivity index (χ4n) is 4.01. The first-order chi connectivity index (χ1) is 12.3. The van der Waals surface area contributed by atoms with E-state index in [4.69, 9.17) is 11.6 Å². The molecule has 2 aliphatic heterocycles. The van der Waals surface area contributed by atoms with Crippen LogP contribution in [0.15, 0.2) is 42.5 Å². The first-order valence-electron chi connectivity index (χ1n) is 8.38. The Morgan fingerprint density at radius 1 is 1.15 bits per heavy atom. The van der Waals surface area contributed by atoms with Crippen LogP contribution in [0.2, 0.25) is 5.02 Å². The van der Waals surface area contributed by atoms with Crippen molar-refractivity contribution in [3.63, 3.8) is 0 Å². The molecule has 26 heavy (non-hydrogen) atoms. The van der Waals surface area contributed by atoms with Crippen LogP contribution in [0, 0.1) is 0 Å². The summed E-state index contributed by atoms with van der Waals surface area (Å²) in [5, 5.41) is 2.27. The Bertz CT molecular complexity index is 868. The summed E-state index contributed by atoms with van der Waals surface area (Å²) in [5.74, 6) is 0. The van der Waals surface area contributed by atoms with Crippen LogP contribution in [0.5, 0.6) is 0 Å². The number of hydrogen-bond donors (Lipinski definition) is 1. The molecule has 1 saturated heterocycles. The normalized spacial score (nSPS) is 21.5. The Labute approximate surface area is 153 Å². The molecule has 136 valence electrons. The number of nitrogens with one attached hydrogen (secondary N) is 1. The average molecular weight is 381 g/mol. The van der Waals surface area contributed by atoms with E-state index in [-0.39, 0.29) is 23.8 Å². The van der Waals surface area contributed by atoms with E-state index in [9.17, 15) is 18.0 Å². The molecule has 2 bridgehead atoms. The predicted molar refractivity (Wildman–Crippen MR) is 93.2 cm³/mol. The monoisotopic (exact) mass is 380 g/mol. The number of alkyl halides is 3. The number of nitrogens with zero attached hydrogens (tertiary/aromatic N) is 1. The smallest absolute Gasteiger partial charge is 0.314 e. The summed E-state index contributed by atoms with van der Waals surface area (Å²) in [6.45, 7) is 0. The summed E-state index contributed by atoms with van der Waals surface area (Å²) < 4.78 is 38.4.